The second-order valence-corrected chi connectivity index (χ2v) is 8.80. The van der Waals surface area contributed by atoms with E-state index in [1.165, 1.54) is 11.1 Å². The molecule has 3 aliphatic rings. The molecule has 1 N–H and O–H groups in total. The Morgan fingerprint density at radius 1 is 1.18 bits per heavy atom. The van der Waals surface area contributed by atoms with Crippen LogP contribution in [0.3, 0.4) is 0 Å². The van der Waals surface area contributed by atoms with E-state index in [1.54, 1.807) is 4.31 Å². The summed E-state index contributed by atoms with van der Waals surface area (Å²) in [4.78, 5) is 0. The Bertz CT molecular complexity index is 653. The van der Waals surface area contributed by atoms with Crippen molar-refractivity contribution in [3.8, 4) is 0 Å². The molecule has 2 aliphatic carbocycles. The van der Waals surface area contributed by atoms with Gasteiger partial charge in [-0.05, 0) is 55.1 Å². The molecule has 5 heteroatoms. The largest absolute Gasteiger partial charge is 0.280 e. The first-order valence-corrected chi connectivity index (χ1v) is 9.85. The van der Waals surface area contributed by atoms with Gasteiger partial charge in [-0.1, -0.05) is 31.2 Å². The van der Waals surface area contributed by atoms with Crippen molar-refractivity contribution in [2.75, 3.05) is 13.1 Å². The monoisotopic (exact) mass is 320 g/mol. The smallest absolute Gasteiger partial charge is 0.195 e. The lowest BCUT2D eigenvalue weighted by Gasteiger charge is -2.33. The van der Waals surface area contributed by atoms with Crippen LogP contribution >= 0.6 is 0 Å². The summed E-state index contributed by atoms with van der Waals surface area (Å²) in [6.45, 7) is 3.33. The number of nitrogens with zero attached hydrogens (tertiary/aromatic N) is 1. The van der Waals surface area contributed by atoms with E-state index in [-0.39, 0.29) is 5.54 Å². The highest BCUT2D eigenvalue weighted by molar-refractivity contribution is 7.87. The van der Waals surface area contributed by atoms with Gasteiger partial charge in [0.2, 0.25) is 0 Å². The Kier molecular flexibility index (Phi) is 3.36. The third-order valence-electron chi connectivity index (χ3n) is 5.94. The maximum Gasteiger partial charge on any atom is 0.280 e. The zero-order valence-corrected chi connectivity index (χ0v) is 13.9. The summed E-state index contributed by atoms with van der Waals surface area (Å²) in [6, 6.07) is 8.65. The van der Waals surface area contributed by atoms with Crippen molar-refractivity contribution in [1.82, 2.24) is 9.03 Å². The minimum Gasteiger partial charge on any atom is -0.195 e. The second-order valence-electron chi connectivity index (χ2n) is 7.13. The predicted octanol–water partition coefficient (Wildman–Crippen LogP) is 2.11. The van der Waals surface area contributed by atoms with Gasteiger partial charge in [0, 0.05) is 13.1 Å². The van der Waals surface area contributed by atoms with Crippen LogP contribution < -0.4 is 4.72 Å². The highest BCUT2D eigenvalue weighted by Crippen LogP contribution is 2.50. The summed E-state index contributed by atoms with van der Waals surface area (Å²) in [7, 11) is -3.30. The molecule has 0 aromatic heterocycles. The van der Waals surface area contributed by atoms with E-state index in [0.717, 1.165) is 32.1 Å². The molecule has 1 aromatic carbocycles. The number of hydrogen-bond donors (Lipinski definition) is 1. The zero-order chi connectivity index (χ0) is 15.4. The van der Waals surface area contributed by atoms with E-state index < -0.39 is 10.2 Å². The fraction of sp³-hybridized carbons (Fsp3) is 0.647. The first-order valence-electron chi connectivity index (χ1n) is 8.41. The van der Waals surface area contributed by atoms with Crippen molar-refractivity contribution in [2.45, 2.75) is 44.6 Å². The maximum absolute atomic E-state index is 12.5. The Hall–Kier alpha value is -0.910. The molecule has 120 valence electrons. The molecule has 2 bridgehead atoms. The molecule has 1 heterocycles. The van der Waals surface area contributed by atoms with Gasteiger partial charge in [-0.2, -0.15) is 17.4 Å². The van der Waals surface area contributed by atoms with Crippen molar-refractivity contribution in [1.29, 1.82) is 0 Å². The summed E-state index contributed by atoms with van der Waals surface area (Å²) in [5.74, 6) is 0.857. The van der Waals surface area contributed by atoms with Crippen LogP contribution in [0.2, 0.25) is 0 Å². The first kappa shape index (κ1) is 14.7. The van der Waals surface area contributed by atoms with Crippen LogP contribution in [0.25, 0.3) is 0 Å². The number of fused-ring (bicyclic) bond motifs is 1. The van der Waals surface area contributed by atoms with E-state index in [9.17, 15) is 8.42 Å². The molecule has 0 amide bonds. The SMILES string of the molecule is CCCN1CC2(NS1(=O)=O)C1CCC2Cc2ccccc2C1. The second kappa shape index (κ2) is 5.05. The van der Waals surface area contributed by atoms with Crippen LogP contribution in [0.1, 0.15) is 37.3 Å². The molecule has 1 aromatic rings. The quantitative estimate of drug-likeness (QED) is 0.907. The molecule has 22 heavy (non-hydrogen) atoms. The normalized spacial score (nSPS) is 36.4. The fourth-order valence-electron chi connectivity index (χ4n) is 4.89. The molecule has 1 saturated carbocycles. The molecule has 0 radical (unpaired) electrons. The summed E-state index contributed by atoms with van der Waals surface area (Å²) in [6.07, 6.45) is 5.17. The highest BCUT2D eigenvalue weighted by Gasteiger charge is 2.58. The number of nitrogens with one attached hydrogen (secondary N) is 1. The highest BCUT2D eigenvalue weighted by atomic mass is 32.2. The van der Waals surface area contributed by atoms with Crippen molar-refractivity contribution in [3.05, 3.63) is 35.4 Å². The summed E-state index contributed by atoms with van der Waals surface area (Å²) < 4.78 is 29.9. The first-order chi connectivity index (χ1) is 10.5. The zero-order valence-electron chi connectivity index (χ0n) is 13.1. The Morgan fingerprint density at radius 3 is 2.32 bits per heavy atom. The van der Waals surface area contributed by atoms with Crippen LogP contribution in [0.15, 0.2) is 24.3 Å². The number of hydrogen-bond acceptors (Lipinski definition) is 2. The molecule has 2 unspecified atom stereocenters. The van der Waals surface area contributed by atoms with E-state index in [1.807, 2.05) is 6.92 Å². The number of benzene rings is 1. The van der Waals surface area contributed by atoms with Gasteiger partial charge in [0.1, 0.15) is 0 Å². The van der Waals surface area contributed by atoms with Gasteiger partial charge in [-0.3, -0.25) is 0 Å². The summed E-state index contributed by atoms with van der Waals surface area (Å²) in [5, 5.41) is 0. The van der Waals surface area contributed by atoms with Gasteiger partial charge in [-0.15, -0.1) is 0 Å². The van der Waals surface area contributed by atoms with E-state index in [0.29, 0.717) is 24.9 Å². The molecule has 2 atom stereocenters. The molecular weight excluding hydrogens is 296 g/mol. The van der Waals surface area contributed by atoms with Crippen LogP contribution in [-0.2, 0) is 23.1 Å². The van der Waals surface area contributed by atoms with Gasteiger partial charge >= 0.3 is 0 Å². The van der Waals surface area contributed by atoms with Crippen molar-refractivity contribution in [2.24, 2.45) is 11.8 Å². The van der Waals surface area contributed by atoms with Crippen LogP contribution in [-0.4, -0.2) is 31.4 Å². The number of rotatable bonds is 2. The Balaban J connectivity index is 1.73. The van der Waals surface area contributed by atoms with Crippen molar-refractivity contribution >= 4 is 10.2 Å². The standard InChI is InChI=1S/C17H24N2O2S/c1-2-9-19-12-17(18-22(19,20)21)15-7-8-16(17)11-14-6-4-3-5-13(14)10-15/h3-6,15-16,18H,2,7-12H2,1H3. The van der Waals surface area contributed by atoms with Gasteiger partial charge in [0.15, 0.2) is 0 Å². The van der Waals surface area contributed by atoms with Gasteiger partial charge in [-0.25, -0.2) is 0 Å². The minimum atomic E-state index is -3.30. The molecule has 1 saturated heterocycles. The molecular formula is C17H24N2O2S. The fourth-order valence-corrected chi connectivity index (χ4v) is 6.71. The third kappa shape index (κ3) is 2.06. The van der Waals surface area contributed by atoms with Crippen molar-refractivity contribution < 1.29 is 8.42 Å². The van der Waals surface area contributed by atoms with Crippen LogP contribution in [0.5, 0.6) is 0 Å². The average Bonchev–Trinajstić information content (AvgIpc) is 2.85. The van der Waals surface area contributed by atoms with E-state index in [4.69, 9.17) is 0 Å². The summed E-state index contributed by atoms with van der Waals surface area (Å²) >= 11 is 0. The van der Waals surface area contributed by atoms with E-state index in [2.05, 4.69) is 29.0 Å². The molecule has 4 nitrogen and oxygen atoms in total. The van der Waals surface area contributed by atoms with Crippen LogP contribution in [0, 0.1) is 11.8 Å². The molecule has 2 fully saturated rings. The van der Waals surface area contributed by atoms with Gasteiger partial charge < -0.3 is 0 Å². The van der Waals surface area contributed by atoms with Gasteiger partial charge in [0.05, 0.1) is 5.54 Å². The predicted molar refractivity (Wildman–Crippen MR) is 86.7 cm³/mol. The lowest BCUT2D eigenvalue weighted by Crippen LogP contribution is -2.52. The minimum absolute atomic E-state index is 0.243. The maximum atomic E-state index is 12.5. The third-order valence-corrected chi connectivity index (χ3v) is 7.57. The van der Waals surface area contributed by atoms with E-state index >= 15 is 0 Å². The van der Waals surface area contributed by atoms with Crippen LogP contribution in [0.4, 0.5) is 0 Å². The Morgan fingerprint density at radius 2 is 1.77 bits per heavy atom. The lowest BCUT2D eigenvalue weighted by atomic mass is 9.79. The van der Waals surface area contributed by atoms with Gasteiger partial charge in [0.25, 0.3) is 10.2 Å². The molecule has 1 spiro atoms. The molecule has 4 rings (SSSR count). The Labute approximate surface area is 133 Å². The molecule has 1 aliphatic heterocycles. The van der Waals surface area contributed by atoms with Crippen molar-refractivity contribution in [3.63, 3.8) is 0 Å². The summed E-state index contributed by atoms with van der Waals surface area (Å²) in [5.41, 5.74) is 2.59. The lowest BCUT2D eigenvalue weighted by molar-refractivity contribution is 0.213. The average molecular weight is 320 g/mol. The topological polar surface area (TPSA) is 49.4 Å².